The minimum atomic E-state index is -3.93. The van der Waals surface area contributed by atoms with E-state index in [9.17, 15) is 13.2 Å². The Labute approximate surface area is 198 Å². The molecule has 2 heterocycles. The number of fused-ring (bicyclic) bond motifs is 1. The molecule has 1 amide bonds. The molecule has 0 spiro atoms. The number of nitrogens with one attached hydrogen (secondary N) is 1. The maximum absolute atomic E-state index is 13.1. The fraction of sp³-hybridized carbons (Fsp3) is 0.348. The summed E-state index contributed by atoms with van der Waals surface area (Å²) < 4.78 is 39.4. The standard InChI is InChI=1S/C23H27N5O5S/c1-3-32-17-9-11-18(12-10-17)34(30,31)26-21-22(25-20-8-6-5-7-19(20)24-21)27-13-15-28(16-14-27)23(29)33-4-2/h5-12H,3-4,13-16H2,1-2H3,(H,24,26). The largest absolute Gasteiger partial charge is 0.494 e. The van der Waals surface area contributed by atoms with Crippen LogP contribution >= 0.6 is 0 Å². The van der Waals surface area contributed by atoms with Crippen molar-refractivity contribution in [1.82, 2.24) is 14.9 Å². The number of hydrogen-bond donors (Lipinski definition) is 1. The van der Waals surface area contributed by atoms with Gasteiger partial charge in [0.15, 0.2) is 11.6 Å². The molecule has 1 aliphatic heterocycles. The Morgan fingerprint density at radius 3 is 2.21 bits per heavy atom. The predicted octanol–water partition coefficient (Wildman–Crippen LogP) is 3.11. The molecule has 0 atom stereocenters. The summed E-state index contributed by atoms with van der Waals surface area (Å²) >= 11 is 0. The fourth-order valence-electron chi connectivity index (χ4n) is 3.66. The topological polar surface area (TPSA) is 114 Å². The number of benzene rings is 2. The van der Waals surface area contributed by atoms with E-state index in [2.05, 4.69) is 9.71 Å². The molecule has 11 heteroatoms. The van der Waals surface area contributed by atoms with Crippen LogP contribution in [0.3, 0.4) is 0 Å². The van der Waals surface area contributed by atoms with Gasteiger partial charge in [0.1, 0.15) is 5.75 Å². The molecule has 34 heavy (non-hydrogen) atoms. The van der Waals surface area contributed by atoms with Crippen LogP contribution in [0.4, 0.5) is 16.4 Å². The van der Waals surface area contributed by atoms with E-state index in [1.165, 1.54) is 12.1 Å². The average Bonchev–Trinajstić information content (AvgIpc) is 2.84. The number of carbonyl (C=O) groups is 1. The van der Waals surface area contributed by atoms with Gasteiger partial charge in [-0.1, -0.05) is 12.1 Å². The first-order valence-electron chi connectivity index (χ1n) is 11.1. The van der Waals surface area contributed by atoms with E-state index in [1.54, 1.807) is 30.0 Å². The van der Waals surface area contributed by atoms with Crippen LogP contribution in [0, 0.1) is 0 Å². The monoisotopic (exact) mass is 485 g/mol. The van der Waals surface area contributed by atoms with E-state index < -0.39 is 10.0 Å². The average molecular weight is 486 g/mol. The van der Waals surface area contributed by atoms with Gasteiger partial charge >= 0.3 is 6.09 Å². The lowest BCUT2D eigenvalue weighted by Crippen LogP contribution is -2.49. The summed E-state index contributed by atoms with van der Waals surface area (Å²) in [5, 5.41) is 0. The summed E-state index contributed by atoms with van der Waals surface area (Å²) in [7, 11) is -3.93. The molecule has 1 aromatic heterocycles. The zero-order valence-electron chi connectivity index (χ0n) is 19.1. The molecular weight excluding hydrogens is 458 g/mol. The summed E-state index contributed by atoms with van der Waals surface area (Å²) in [6.07, 6.45) is -0.358. The van der Waals surface area contributed by atoms with Gasteiger partial charge < -0.3 is 19.3 Å². The number of aromatic nitrogens is 2. The third-order valence-corrected chi connectivity index (χ3v) is 6.69. The molecule has 1 fully saturated rings. The molecule has 1 N–H and O–H groups in total. The minimum absolute atomic E-state index is 0.0870. The summed E-state index contributed by atoms with van der Waals surface area (Å²) in [6, 6.07) is 13.5. The minimum Gasteiger partial charge on any atom is -0.494 e. The SMILES string of the molecule is CCOC(=O)N1CCN(c2nc3ccccc3nc2NS(=O)(=O)c2ccc(OCC)cc2)CC1. The summed E-state index contributed by atoms with van der Waals surface area (Å²) in [4.78, 5) is 25.0. The van der Waals surface area contributed by atoms with Crippen molar-refractivity contribution in [3.05, 3.63) is 48.5 Å². The maximum Gasteiger partial charge on any atom is 0.409 e. The molecule has 0 bridgehead atoms. The van der Waals surface area contributed by atoms with Crippen LogP contribution in [-0.2, 0) is 14.8 Å². The van der Waals surface area contributed by atoms with Crippen LogP contribution in [0.1, 0.15) is 13.8 Å². The van der Waals surface area contributed by atoms with E-state index in [0.29, 0.717) is 62.0 Å². The molecular formula is C23H27N5O5S. The summed E-state index contributed by atoms with van der Waals surface area (Å²) in [5.74, 6) is 1.14. The highest BCUT2D eigenvalue weighted by atomic mass is 32.2. The summed E-state index contributed by atoms with van der Waals surface area (Å²) in [5.41, 5.74) is 1.22. The zero-order chi connectivity index (χ0) is 24.1. The molecule has 1 saturated heterocycles. The van der Waals surface area contributed by atoms with E-state index in [0.717, 1.165) is 0 Å². The van der Waals surface area contributed by atoms with Crippen LogP contribution in [0.2, 0.25) is 0 Å². The lowest BCUT2D eigenvalue weighted by molar-refractivity contribution is 0.105. The van der Waals surface area contributed by atoms with Gasteiger partial charge in [0.2, 0.25) is 0 Å². The summed E-state index contributed by atoms with van der Waals surface area (Å²) in [6.45, 7) is 6.21. The van der Waals surface area contributed by atoms with Crippen molar-refractivity contribution in [3.8, 4) is 5.75 Å². The van der Waals surface area contributed by atoms with Crippen molar-refractivity contribution in [3.63, 3.8) is 0 Å². The van der Waals surface area contributed by atoms with Crippen molar-refractivity contribution in [2.45, 2.75) is 18.7 Å². The van der Waals surface area contributed by atoms with Crippen molar-refractivity contribution in [1.29, 1.82) is 0 Å². The first-order valence-corrected chi connectivity index (χ1v) is 12.6. The van der Waals surface area contributed by atoms with Crippen molar-refractivity contribution in [2.75, 3.05) is 49.0 Å². The van der Waals surface area contributed by atoms with Gasteiger partial charge in [-0.3, -0.25) is 4.72 Å². The third-order valence-electron chi connectivity index (χ3n) is 5.33. The van der Waals surface area contributed by atoms with E-state index in [4.69, 9.17) is 14.5 Å². The van der Waals surface area contributed by atoms with E-state index in [-0.39, 0.29) is 16.8 Å². The van der Waals surface area contributed by atoms with Gasteiger partial charge in [0.05, 0.1) is 29.1 Å². The molecule has 1 aliphatic rings. The normalized spacial score (nSPS) is 14.2. The highest BCUT2D eigenvalue weighted by Gasteiger charge is 2.27. The Balaban J connectivity index is 1.63. The van der Waals surface area contributed by atoms with Gasteiger partial charge in [-0.15, -0.1) is 0 Å². The number of para-hydroxylation sites is 2. The molecule has 2 aromatic carbocycles. The van der Waals surface area contributed by atoms with Crippen molar-refractivity contribution >= 4 is 38.8 Å². The second-order valence-corrected chi connectivity index (χ2v) is 9.25. The number of anilines is 2. The predicted molar refractivity (Wildman–Crippen MR) is 129 cm³/mol. The second-order valence-electron chi connectivity index (χ2n) is 7.57. The molecule has 3 aromatic rings. The highest BCUT2D eigenvalue weighted by molar-refractivity contribution is 7.92. The van der Waals surface area contributed by atoms with Crippen LogP contribution in [0.25, 0.3) is 11.0 Å². The maximum atomic E-state index is 13.1. The highest BCUT2D eigenvalue weighted by Crippen LogP contribution is 2.28. The van der Waals surface area contributed by atoms with Crippen LogP contribution in [0.5, 0.6) is 5.75 Å². The molecule has 180 valence electrons. The second kappa shape index (κ2) is 10.1. The van der Waals surface area contributed by atoms with E-state index in [1.807, 2.05) is 30.0 Å². The molecule has 0 unspecified atom stereocenters. The number of hydrogen-bond acceptors (Lipinski definition) is 8. The van der Waals surface area contributed by atoms with Gasteiger partial charge in [-0.25, -0.2) is 23.2 Å². The Kier molecular flexibility index (Phi) is 7.01. The number of amides is 1. The fourth-order valence-corrected chi connectivity index (χ4v) is 4.67. The molecule has 0 saturated carbocycles. The van der Waals surface area contributed by atoms with E-state index >= 15 is 0 Å². The Hall–Kier alpha value is -3.60. The number of rotatable bonds is 7. The quantitative estimate of drug-likeness (QED) is 0.543. The van der Waals surface area contributed by atoms with Gasteiger partial charge in [0, 0.05) is 26.2 Å². The Bertz CT molecular complexity index is 1260. The zero-order valence-corrected chi connectivity index (χ0v) is 19.9. The first kappa shape index (κ1) is 23.6. The molecule has 0 aliphatic carbocycles. The Morgan fingerprint density at radius 2 is 1.59 bits per heavy atom. The number of nitrogens with zero attached hydrogens (tertiary/aromatic N) is 4. The van der Waals surface area contributed by atoms with Crippen LogP contribution < -0.4 is 14.4 Å². The van der Waals surface area contributed by atoms with Crippen molar-refractivity contribution in [2.24, 2.45) is 0 Å². The third kappa shape index (κ3) is 5.14. The smallest absolute Gasteiger partial charge is 0.409 e. The first-order chi connectivity index (χ1) is 16.4. The number of piperazine rings is 1. The van der Waals surface area contributed by atoms with Gasteiger partial charge in [-0.2, -0.15) is 0 Å². The van der Waals surface area contributed by atoms with Gasteiger partial charge in [0.25, 0.3) is 10.0 Å². The number of carbonyl (C=O) groups excluding carboxylic acids is 1. The number of sulfonamides is 1. The molecule has 10 nitrogen and oxygen atoms in total. The van der Waals surface area contributed by atoms with Crippen LogP contribution in [0.15, 0.2) is 53.4 Å². The Morgan fingerprint density at radius 1 is 0.941 bits per heavy atom. The van der Waals surface area contributed by atoms with Crippen LogP contribution in [-0.4, -0.2) is 68.8 Å². The molecule has 0 radical (unpaired) electrons. The van der Waals surface area contributed by atoms with Gasteiger partial charge in [-0.05, 0) is 50.2 Å². The number of ether oxygens (including phenoxy) is 2. The lowest BCUT2D eigenvalue weighted by atomic mass is 10.3. The lowest BCUT2D eigenvalue weighted by Gasteiger charge is -2.35. The molecule has 4 rings (SSSR count). The van der Waals surface area contributed by atoms with Crippen molar-refractivity contribution < 1.29 is 22.7 Å².